The van der Waals surface area contributed by atoms with Crippen LogP contribution in [0.4, 0.5) is 0 Å². The highest BCUT2D eigenvalue weighted by atomic mass is 31.2. The molecule has 1 heterocycles. The summed E-state index contributed by atoms with van der Waals surface area (Å²) in [5, 5.41) is 0. The summed E-state index contributed by atoms with van der Waals surface area (Å²) in [5.74, 6) is -1.07. The molecule has 0 aromatic rings. The second-order valence-corrected chi connectivity index (χ2v) is 14.5. The van der Waals surface area contributed by atoms with E-state index in [1.54, 1.807) is 0 Å². The maximum Gasteiger partial charge on any atom is 0.469 e. The fraction of sp³-hybridized carbons (Fsp3) is 0.556. The minimum absolute atomic E-state index is 0.0645. The van der Waals surface area contributed by atoms with E-state index in [1.165, 1.54) is 19.3 Å². The summed E-state index contributed by atoms with van der Waals surface area (Å²) in [6.07, 6.45) is 52.8. The van der Waals surface area contributed by atoms with Gasteiger partial charge in [0.05, 0.1) is 18.8 Å². The molecule has 308 valence electrons. The number of phosphoric ester groups is 1. The lowest BCUT2D eigenvalue weighted by Crippen LogP contribution is -2.29. The van der Waals surface area contributed by atoms with E-state index in [-0.39, 0.29) is 31.7 Å². The first-order chi connectivity index (χ1) is 26.7. The highest BCUT2D eigenvalue weighted by Crippen LogP contribution is 2.36. The van der Waals surface area contributed by atoms with E-state index in [9.17, 15) is 14.2 Å². The number of carbonyl (C=O) groups excluding carboxylic acids is 2. The van der Waals surface area contributed by atoms with Crippen LogP contribution in [-0.4, -0.2) is 53.3 Å². The molecular weight excluding hydrogens is 715 g/mol. The zero-order valence-corrected chi connectivity index (χ0v) is 34.4. The molecular formula is C45H69O9P. The van der Waals surface area contributed by atoms with Gasteiger partial charge in [-0.05, 0) is 89.9 Å². The molecule has 0 radical (unpaired) electrons. The van der Waals surface area contributed by atoms with Crippen molar-refractivity contribution in [1.29, 1.82) is 0 Å². The fourth-order valence-electron chi connectivity index (χ4n) is 5.08. The van der Waals surface area contributed by atoms with Crippen molar-refractivity contribution in [2.24, 2.45) is 0 Å². The summed E-state index contributed by atoms with van der Waals surface area (Å²) in [4.78, 5) is 42.8. The molecule has 1 fully saturated rings. The lowest BCUT2D eigenvalue weighted by molar-refractivity contribution is -0.161. The molecule has 2 unspecified atom stereocenters. The quantitative estimate of drug-likeness (QED) is 0.0215. The van der Waals surface area contributed by atoms with Gasteiger partial charge in [-0.15, -0.1) is 0 Å². The Balaban J connectivity index is 2.20. The molecule has 9 nitrogen and oxygen atoms in total. The molecule has 0 amide bonds. The highest BCUT2D eigenvalue weighted by molar-refractivity contribution is 7.46. The average Bonchev–Trinajstić information content (AvgIpc) is 3.91. The fourth-order valence-corrected chi connectivity index (χ4v) is 5.44. The van der Waals surface area contributed by atoms with Gasteiger partial charge < -0.3 is 24.0 Å². The minimum atomic E-state index is -4.80. The Morgan fingerprint density at radius 1 is 0.582 bits per heavy atom. The molecule has 0 aliphatic carbocycles. The Morgan fingerprint density at radius 3 is 1.60 bits per heavy atom. The zero-order valence-electron chi connectivity index (χ0n) is 33.5. The molecule has 1 aliphatic rings. The van der Waals surface area contributed by atoms with E-state index >= 15 is 0 Å². The second-order valence-electron chi connectivity index (χ2n) is 13.3. The van der Waals surface area contributed by atoms with Gasteiger partial charge in [-0.1, -0.05) is 136 Å². The van der Waals surface area contributed by atoms with Crippen molar-refractivity contribution in [3.05, 3.63) is 109 Å². The molecule has 2 N–H and O–H groups in total. The Hall–Kier alpha value is -3.33. The van der Waals surface area contributed by atoms with E-state index in [2.05, 4.69) is 110 Å². The van der Waals surface area contributed by atoms with Crippen LogP contribution < -0.4 is 0 Å². The number of phosphoric acid groups is 1. The summed E-state index contributed by atoms with van der Waals surface area (Å²) in [5.41, 5.74) is 0. The molecule has 1 aliphatic heterocycles. The van der Waals surface area contributed by atoms with Crippen molar-refractivity contribution in [3.8, 4) is 0 Å². The van der Waals surface area contributed by atoms with Crippen molar-refractivity contribution in [1.82, 2.24) is 0 Å². The first-order valence-corrected chi connectivity index (χ1v) is 21.8. The number of rotatable bonds is 34. The van der Waals surface area contributed by atoms with Gasteiger partial charge in [0.15, 0.2) is 6.10 Å². The Kier molecular flexibility index (Phi) is 31.7. The van der Waals surface area contributed by atoms with Gasteiger partial charge in [-0.25, -0.2) is 4.57 Å². The zero-order chi connectivity index (χ0) is 40.1. The first-order valence-electron chi connectivity index (χ1n) is 20.3. The number of hydrogen-bond donors (Lipinski definition) is 2. The summed E-state index contributed by atoms with van der Waals surface area (Å²) >= 11 is 0. The molecule has 1 saturated heterocycles. The third-order valence-electron chi connectivity index (χ3n) is 8.19. The highest BCUT2D eigenvalue weighted by Gasteiger charge is 2.36. The van der Waals surface area contributed by atoms with Crippen LogP contribution in [0.3, 0.4) is 0 Å². The number of carbonyl (C=O) groups is 2. The number of epoxide rings is 1. The van der Waals surface area contributed by atoms with Crippen molar-refractivity contribution >= 4 is 19.8 Å². The van der Waals surface area contributed by atoms with Gasteiger partial charge in [0, 0.05) is 12.8 Å². The van der Waals surface area contributed by atoms with Gasteiger partial charge >= 0.3 is 19.8 Å². The number of allylic oxidation sites excluding steroid dienone is 16. The van der Waals surface area contributed by atoms with Gasteiger partial charge in [-0.3, -0.25) is 14.1 Å². The molecule has 55 heavy (non-hydrogen) atoms. The lowest BCUT2D eigenvalue weighted by Gasteiger charge is -2.18. The molecule has 0 saturated carbocycles. The summed E-state index contributed by atoms with van der Waals surface area (Å²) in [6, 6.07) is 0. The Labute approximate surface area is 331 Å². The number of esters is 2. The van der Waals surface area contributed by atoms with Crippen molar-refractivity contribution in [3.63, 3.8) is 0 Å². The summed E-state index contributed by atoms with van der Waals surface area (Å²) in [7, 11) is -4.80. The molecule has 0 aromatic heterocycles. The van der Waals surface area contributed by atoms with Gasteiger partial charge in [0.1, 0.15) is 6.61 Å². The van der Waals surface area contributed by atoms with E-state index < -0.39 is 32.5 Å². The predicted molar refractivity (Wildman–Crippen MR) is 224 cm³/mol. The average molecular weight is 785 g/mol. The molecule has 0 spiro atoms. The van der Waals surface area contributed by atoms with E-state index in [1.807, 2.05) is 18.2 Å². The third kappa shape index (κ3) is 34.9. The normalized spacial score (nSPS) is 17.3. The summed E-state index contributed by atoms with van der Waals surface area (Å²) in [6.45, 7) is 3.40. The smallest absolute Gasteiger partial charge is 0.462 e. The van der Waals surface area contributed by atoms with E-state index in [0.29, 0.717) is 19.3 Å². The molecule has 10 heteroatoms. The third-order valence-corrected chi connectivity index (χ3v) is 8.68. The number of ether oxygens (including phenoxy) is 3. The Bertz CT molecular complexity index is 1320. The standard InChI is InChI=1S/C45H69O9P/c1-3-5-7-9-11-13-14-15-16-17-18-19-20-21-22-24-26-28-34-38-45(47)53-41(40-52-55(48,49)50)39-51-44(46)37-33-30-29-32-36-43-42(54-43)35-31-27-25-23-12-10-8-6-4-2/h5,7,11-13,15-16,18-19,21-23,26-29,31-32,41-43H,3-4,6,8-10,14,17,20,24-25,30,33-40H2,1-2H3,(H2,48,49,50)/b7-5-,13-11-,16-15-,19-18-,22-21-,23-12-,28-26-,31-27-,32-29-/t41-,42?,43?/m1/s1. The van der Waals surface area contributed by atoms with Crippen molar-refractivity contribution in [2.45, 2.75) is 148 Å². The monoisotopic (exact) mass is 784 g/mol. The topological polar surface area (TPSA) is 132 Å². The minimum Gasteiger partial charge on any atom is -0.462 e. The summed E-state index contributed by atoms with van der Waals surface area (Å²) < 4.78 is 32.0. The first kappa shape index (κ1) is 49.7. The lowest BCUT2D eigenvalue weighted by atomic mass is 10.1. The largest absolute Gasteiger partial charge is 0.469 e. The molecule has 0 bridgehead atoms. The SMILES string of the molecule is CC/C=C\C/C=C\C/C=C\C/C=C\C/C=C\C/C=C\CCC(=O)O[C@H](COC(=O)CCC/C=C\CC1OC1C/C=C\C/C=C\CCCCC)COP(=O)(O)O. The second kappa shape index (κ2) is 35.1. The van der Waals surface area contributed by atoms with Crippen LogP contribution in [0.5, 0.6) is 0 Å². The van der Waals surface area contributed by atoms with Crippen LogP contribution in [0.25, 0.3) is 0 Å². The predicted octanol–water partition coefficient (Wildman–Crippen LogP) is 11.4. The molecule has 0 aromatic carbocycles. The van der Waals surface area contributed by atoms with E-state index in [0.717, 1.165) is 64.2 Å². The van der Waals surface area contributed by atoms with Crippen LogP contribution in [0.2, 0.25) is 0 Å². The maximum atomic E-state index is 12.4. The molecule has 1 rings (SSSR count). The molecule has 3 atom stereocenters. The van der Waals surface area contributed by atoms with Gasteiger partial charge in [-0.2, -0.15) is 0 Å². The maximum absolute atomic E-state index is 12.4. The van der Waals surface area contributed by atoms with Crippen LogP contribution in [0.1, 0.15) is 129 Å². The van der Waals surface area contributed by atoms with Crippen LogP contribution in [0, 0.1) is 0 Å². The number of hydrogen-bond acceptors (Lipinski definition) is 7. The van der Waals surface area contributed by atoms with Crippen LogP contribution in [0.15, 0.2) is 109 Å². The van der Waals surface area contributed by atoms with Crippen molar-refractivity contribution < 1.29 is 42.7 Å². The van der Waals surface area contributed by atoms with Crippen LogP contribution in [-0.2, 0) is 32.9 Å². The van der Waals surface area contributed by atoms with Gasteiger partial charge in [0.25, 0.3) is 0 Å². The van der Waals surface area contributed by atoms with Gasteiger partial charge in [0.2, 0.25) is 0 Å². The Morgan fingerprint density at radius 2 is 1.05 bits per heavy atom. The van der Waals surface area contributed by atoms with Crippen molar-refractivity contribution in [2.75, 3.05) is 13.2 Å². The number of unbranched alkanes of at least 4 members (excludes halogenated alkanes) is 4. The van der Waals surface area contributed by atoms with E-state index in [4.69, 9.17) is 24.0 Å². The van der Waals surface area contributed by atoms with Crippen LogP contribution >= 0.6 is 7.82 Å².